The van der Waals surface area contributed by atoms with Crippen molar-refractivity contribution in [2.45, 2.75) is 208 Å². The summed E-state index contributed by atoms with van der Waals surface area (Å²) < 4.78 is 64.8. The summed E-state index contributed by atoms with van der Waals surface area (Å²) in [6, 6.07) is 2.58. The molecule has 0 fully saturated rings. The van der Waals surface area contributed by atoms with Gasteiger partial charge in [-0.25, -0.2) is 14.4 Å². The molecule has 73 heavy (non-hydrogen) atoms. The quantitative estimate of drug-likeness (QED) is 0.0200. The maximum atomic E-state index is 11.6. The number of esters is 3. The van der Waals surface area contributed by atoms with E-state index in [0.717, 1.165) is 24.9 Å². The third-order valence-corrected chi connectivity index (χ3v) is 36.2. The standard InChI is InChI=1S/C17H38O6Si3.C16H38O5Si4.C15H32O5Si2/c1-15(2)17(19)21-14-16(18)13-20-11-10-12-26(9,22-24(3,4)5)23-25(6,7)8;1-15(2)16(17)18-13-12-14-25(19-22(3,4)5,20-23(6,7)8)21-24(9,10)11;1-13(2)15(17)19-12-14(16)11-18-9-8-10-22(6,7)20-21(3,4)5/h16,18H,1,10-14H2,2-9H3;1,12-14H2,2-11H3;14,16H,1,8-12H2,2-7H3. The van der Waals surface area contributed by atoms with Crippen molar-refractivity contribution in [2.24, 2.45) is 0 Å². The average molecular weight is 1190 g/mol. The van der Waals surface area contributed by atoms with Crippen molar-refractivity contribution in [3.05, 3.63) is 36.5 Å². The molecule has 2 atom stereocenters. The summed E-state index contributed by atoms with van der Waals surface area (Å²) >= 11 is 0. The highest BCUT2D eigenvalue weighted by Crippen LogP contribution is 2.30. The predicted molar refractivity (Wildman–Crippen MR) is 321 cm³/mol. The van der Waals surface area contributed by atoms with Gasteiger partial charge in [0.2, 0.25) is 0 Å². The molecule has 0 bridgehead atoms. The summed E-state index contributed by atoms with van der Waals surface area (Å²) in [5.41, 5.74) is 1.05. The van der Waals surface area contributed by atoms with Crippen LogP contribution < -0.4 is 0 Å². The summed E-state index contributed by atoms with van der Waals surface area (Å²) in [6.07, 6.45) is 0.771. The first kappa shape index (κ1) is 76.4. The molecule has 25 heteroatoms. The van der Waals surface area contributed by atoms with E-state index >= 15 is 0 Å². The monoisotopic (exact) mass is 1190 g/mol. The fourth-order valence-electron chi connectivity index (χ4n) is 6.71. The van der Waals surface area contributed by atoms with E-state index in [1.54, 1.807) is 20.8 Å². The molecule has 0 amide bonds. The Morgan fingerprint density at radius 3 is 0.973 bits per heavy atom. The summed E-state index contributed by atoms with van der Waals surface area (Å²) in [4.78, 5) is 34.0. The SMILES string of the molecule is C=C(C)C(=O)OCC(O)COCCC[Si](C)(C)O[Si](C)(C)C.C=C(C)C(=O)OCC(O)COCCC[Si](C)(O[Si](C)(C)C)O[Si](C)(C)C.C=C(C)C(=O)OCCC[Si](O[Si](C)(C)C)(O[Si](C)(C)C)O[Si](C)(C)C. The van der Waals surface area contributed by atoms with Gasteiger partial charge in [-0.3, -0.25) is 0 Å². The van der Waals surface area contributed by atoms with E-state index in [9.17, 15) is 24.6 Å². The van der Waals surface area contributed by atoms with Gasteiger partial charge in [0, 0.05) is 36.0 Å². The Labute approximate surface area is 454 Å². The van der Waals surface area contributed by atoms with Crippen molar-refractivity contribution in [2.75, 3.05) is 46.2 Å². The summed E-state index contributed by atoms with van der Waals surface area (Å²) in [6.45, 7) is 62.8. The Morgan fingerprint density at radius 1 is 0.384 bits per heavy atom. The van der Waals surface area contributed by atoms with E-state index in [0.29, 0.717) is 49.0 Å². The second-order valence-electron chi connectivity index (χ2n) is 25.3. The van der Waals surface area contributed by atoms with Crippen LogP contribution in [0, 0.1) is 0 Å². The number of carbonyl (C=O) groups is 3. The van der Waals surface area contributed by atoms with E-state index in [1.165, 1.54) is 0 Å². The van der Waals surface area contributed by atoms with Crippen LogP contribution in [0.25, 0.3) is 0 Å². The van der Waals surface area contributed by atoms with Crippen LogP contribution in [0.4, 0.5) is 0 Å². The Morgan fingerprint density at radius 2 is 0.671 bits per heavy atom. The zero-order valence-electron chi connectivity index (χ0n) is 50.6. The van der Waals surface area contributed by atoms with Gasteiger partial charge >= 0.3 is 35.3 Å². The zero-order chi connectivity index (χ0) is 58.1. The molecule has 16 nitrogen and oxygen atoms in total. The molecule has 432 valence electrons. The molecule has 0 saturated heterocycles. The third kappa shape index (κ3) is 49.2. The minimum absolute atomic E-state index is 0.0648. The molecule has 2 unspecified atom stereocenters. The van der Waals surface area contributed by atoms with E-state index < -0.39 is 99.7 Å². The van der Waals surface area contributed by atoms with Crippen LogP contribution in [0.1, 0.15) is 40.0 Å². The van der Waals surface area contributed by atoms with Gasteiger partial charge in [-0.05, 0) is 190 Å². The normalized spacial score (nSPS) is 13.9. The average Bonchev–Trinajstić information content (AvgIpc) is 3.12. The minimum Gasteiger partial charge on any atom is -0.462 e. The summed E-state index contributed by atoms with van der Waals surface area (Å²) in [5, 5.41) is 19.4. The number of rotatable bonds is 35. The predicted octanol–water partition coefficient (Wildman–Crippen LogP) is 11.6. The van der Waals surface area contributed by atoms with Crippen LogP contribution in [0.3, 0.4) is 0 Å². The first-order chi connectivity index (χ1) is 32.5. The van der Waals surface area contributed by atoms with Gasteiger partial charge in [0.05, 0.1) is 19.8 Å². The van der Waals surface area contributed by atoms with Gasteiger partial charge in [-0.1, -0.05) is 19.7 Å². The number of hydrogen-bond donors (Lipinski definition) is 2. The van der Waals surface area contributed by atoms with Crippen molar-refractivity contribution < 1.29 is 73.0 Å². The van der Waals surface area contributed by atoms with Gasteiger partial charge in [0.25, 0.3) is 0 Å². The highest BCUT2D eigenvalue weighted by atomic mass is 28.5. The second kappa shape index (κ2) is 34.2. The van der Waals surface area contributed by atoms with Gasteiger partial charge in [0.1, 0.15) is 25.4 Å². The lowest BCUT2D eigenvalue weighted by Gasteiger charge is -2.42. The summed E-state index contributed by atoms with van der Waals surface area (Å²) in [7, 11) is -17.1. The van der Waals surface area contributed by atoms with Crippen LogP contribution in [0.2, 0.25) is 156 Å². The van der Waals surface area contributed by atoms with E-state index in [4.69, 9.17) is 48.4 Å². The maximum absolute atomic E-state index is 11.6. The first-order valence-electron chi connectivity index (χ1n) is 25.7. The largest absolute Gasteiger partial charge is 0.469 e. The molecule has 0 aromatic rings. The second-order valence-corrected chi connectivity index (χ2v) is 64.2. The molecule has 2 N–H and O–H groups in total. The highest BCUT2D eigenvalue weighted by molar-refractivity contribution is 6.90. The number of carbonyl (C=O) groups excluding carboxylic acids is 3. The van der Waals surface area contributed by atoms with Crippen LogP contribution in [0.15, 0.2) is 36.5 Å². The number of aliphatic hydroxyl groups excluding tert-OH is 2. The molecule has 0 saturated carbocycles. The first-order valence-corrected chi connectivity index (χ1v) is 53.7. The van der Waals surface area contributed by atoms with Crippen LogP contribution in [-0.4, -0.2) is 162 Å². The molecule has 0 rings (SSSR count). The fourth-order valence-corrected chi connectivity index (χ4v) is 41.9. The number of aliphatic hydroxyl groups is 2. The molecule has 0 heterocycles. The highest BCUT2D eigenvalue weighted by Gasteiger charge is 2.49. The van der Waals surface area contributed by atoms with E-state index in [2.05, 4.69) is 157 Å². The van der Waals surface area contributed by atoms with Gasteiger partial charge in [-0.15, -0.1) is 0 Å². The van der Waals surface area contributed by atoms with Crippen LogP contribution >= 0.6 is 0 Å². The fraction of sp³-hybridized carbons (Fsp3) is 0.812. The maximum Gasteiger partial charge on any atom is 0.469 e. The Hall–Kier alpha value is -0.818. The van der Waals surface area contributed by atoms with Crippen molar-refractivity contribution >= 4 is 93.5 Å². The van der Waals surface area contributed by atoms with Crippen molar-refractivity contribution in [1.82, 2.24) is 0 Å². The lowest BCUT2D eigenvalue weighted by Crippen LogP contribution is -2.60. The Kier molecular flexibility index (Phi) is 35.8. The molecular formula is C48H108O16Si9. The third-order valence-electron chi connectivity index (χ3n) is 8.34. The zero-order valence-corrected chi connectivity index (χ0v) is 59.6. The van der Waals surface area contributed by atoms with Crippen molar-refractivity contribution in [3.8, 4) is 0 Å². The van der Waals surface area contributed by atoms with Gasteiger partial charge in [0.15, 0.2) is 58.2 Å². The molecular weight excluding hydrogens is 1090 g/mol. The molecule has 0 aliphatic heterocycles. The number of ether oxygens (including phenoxy) is 5. The topological polar surface area (TPSA) is 193 Å². The smallest absolute Gasteiger partial charge is 0.462 e. The Bertz CT molecular complexity index is 1600. The minimum atomic E-state index is -2.83. The molecule has 0 radical (unpaired) electrons. The van der Waals surface area contributed by atoms with E-state index in [-0.39, 0.29) is 32.4 Å². The van der Waals surface area contributed by atoms with E-state index in [1.807, 2.05) is 0 Å². The molecule has 0 spiro atoms. The molecule has 0 aliphatic carbocycles. The molecule has 0 aromatic carbocycles. The van der Waals surface area contributed by atoms with Crippen molar-refractivity contribution in [3.63, 3.8) is 0 Å². The lowest BCUT2D eigenvalue weighted by atomic mass is 10.3. The Balaban J connectivity index is -0.00000101. The summed E-state index contributed by atoms with van der Waals surface area (Å²) in [5.74, 6) is -1.34. The molecule has 0 aromatic heterocycles. The lowest BCUT2D eigenvalue weighted by molar-refractivity contribution is -0.143. The van der Waals surface area contributed by atoms with Gasteiger partial charge < -0.3 is 58.6 Å². The van der Waals surface area contributed by atoms with Crippen LogP contribution in [-0.2, 0) is 62.8 Å². The van der Waals surface area contributed by atoms with Gasteiger partial charge in [-0.2, -0.15) is 0 Å². The number of hydrogen-bond acceptors (Lipinski definition) is 16. The van der Waals surface area contributed by atoms with Crippen molar-refractivity contribution in [1.29, 1.82) is 0 Å². The van der Waals surface area contributed by atoms with Crippen LogP contribution in [0.5, 0.6) is 0 Å². The molecule has 0 aliphatic rings.